The summed E-state index contributed by atoms with van der Waals surface area (Å²) in [5.74, 6) is 2.74. The summed E-state index contributed by atoms with van der Waals surface area (Å²) < 4.78 is 19.3. The summed E-state index contributed by atoms with van der Waals surface area (Å²) in [7, 11) is 0. The van der Waals surface area contributed by atoms with Crippen LogP contribution in [-0.2, 0) is 25.6 Å². The van der Waals surface area contributed by atoms with E-state index in [4.69, 9.17) is 19.9 Å². The molecule has 40 heavy (non-hydrogen) atoms. The molecule has 5 fully saturated rings. The first-order valence-electron chi connectivity index (χ1n) is 14.7. The maximum Gasteiger partial charge on any atom is 0.410 e. The van der Waals surface area contributed by atoms with Gasteiger partial charge in [-0.25, -0.2) is 4.79 Å². The van der Waals surface area contributed by atoms with Crippen molar-refractivity contribution in [3.63, 3.8) is 0 Å². The Morgan fingerprint density at radius 2 is 1.80 bits per heavy atom. The number of morpholine rings is 1. The molecule has 4 aliphatic carbocycles. The number of rotatable bonds is 9. The Hall–Kier alpha value is -2.76. The highest BCUT2D eigenvalue weighted by molar-refractivity contribution is 5.85. The quantitative estimate of drug-likeness (QED) is 0.484. The molecular formula is C29H42N6O5. The molecule has 0 radical (unpaired) electrons. The van der Waals surface area contributed by atoms with Crippen LogP contribution >= 0.6 is 0 Å². The molecule has 0 spiro atoms. The Balaban J connectivity index is 1.20. The number of ether oxygens (including phenoxy) is 3. The Bertz CT molecular complexity index is 1200. The molecule has 7 rings (SSSR count). The van der Waals surface area contributed by atoms with E-state index < -0.39 is 11.6 Å². The average Bonchev–Trinajstić information content (AvgIpc) is 3.35. The van der Waals surface area contributed by atoms with Gasteiger partial charge in [0.15, 0.2) is 11.5 Å². The number of fused-ring (bicyclic) bond motifs is 1. The predicted octanol–water partition coefficient (Wildman–Crippen LogP) is 2.83. The monoisotopic (exact) mass is 554 g/mol. The summed E-state index contributed by atoms with van der Waals surface area (Å²) in [4.78, 5) is 27.3. The maximum atomic E-state index is 13.0. The lowest BCUT2D eigenvalue weighted by atomic mass is 9.50. The molecule has 0 unspecified atom stereocenters. The van der Waals surface area contributed by atoms with Gasteiger partial charge < -0.3 is 30.2 Å². The average molecular weight is 555 g/mol. The van der Waals surface area contributed by atoms with E-state index in [1.54, 1.807) is 18.7 Å². The minimum absolute atomic E-state index is 0.0375. The minimum atomic E-state index is -1.07. The summed E-state index contributed by atoms with van der Waals surface area (Å²) in [5.41, 5.74) is 6.62. The summed E-state index contributed by atoms with van der Waals surface area (Å²) in [6.45, 7) is 6.35. The molecule has 2 amide bonds. The van der Waals surface area contributed by atoms with Crippen LogP contribution in [0.25, 0.3) is 5.65 Å². The highest BCUT2D eigenvalue weighted by atomic mass is 16.6. The van der Waals surface area contributed by atoms with Crippen molar-refractivity contribution in [2.24, 2.45) is 28.9 Å². The number of carbonyl (C=O) groups excluding carboxylic acids is 2. The second-order valence-corrected chi connectivity index (χ2v) is 13.1. The van der Waals surface area contributed by atoms with Gasteiger partial charge >= 0.3 is 6.09 Å². The van der Waals surface area contributed by atoms with E-state index in [2.05, 4.69) is 15.5 Å². The third kappa shape index (κ3) is 5.69. The molecular weight excluding hydrogens is 512 g/mol. The van der Waals surface area contributed by atoms with Gasteiger partial charge in [-0.3, -0.25) is 9.20 Å². The van der Waals surface area contributed by atoms with E-state index in [9.17, 15) is 9.59 Å². The Kier molecular flexibility index (Phi) is 7.47. The molecule has 1 aliphatic heterocycles. The first-order chi connectivity index (χ1) is 19.2. The van der Waals surface area contributed by atoms with Crippen molar-refractivity contribution in [1.82, 2.24) is 24.8 Å². The topological polar surface area (TPSA) is 133 Å². The number of nitrogens with one attached hydrogen (secondary N) is 1. The number of nitrogens with two attached hydrogens (primary N) is 1. The second kappa shape index (κ2) is 10.9. The van der Waals surface area contributed by atoms with Crippen molar-refractivity contribution in [3.8, 4) is 0 Å². The largest absolute Gasteiger partial charge is 0.443 e. The van der Waals surface area contributed by atoms with Gasteiger partial charge in [0.05, 0.1) is 37.7 Å². The van der Waals surface area contributed by atoms with E-state index in [0.717, 1.165) is 17.8 Å². The predicted molar refractivity (Wildman–Crippen MR) is 146 cm³/mol. The van der Waals surface area contributed by atoms with E-state index in [1.807, 2.05) is 22.6 Å². The van der Waals surface area contributed by atoms with Crippen molar-refractivity contribution < 1.29 is 23.8 Å². The van der Waals surface area contributed by atoms with Crippen LogP contribution in [0.3, 0.4) is 0 Å². The molecule has 2 aromatic heterocycles. The third-order valence-electron chi connectivity index (χ3n) is 9.21. The van der Waals surface area contributed by atoms with Crippen LogP contribution in [0.5, 0.6) is 0 Å². The molecule has 218 valence electrons. The zero-order chi connectivity index (χ0) is 27.9. The fraction of sp³-hybridized carbons (Fsp3) is 0.724. The highest BCUT2D eigenvalue weighted by Crippen LogP contribution is 2.60. The molecule has 1 atom stereocenters. The summed E-state index contributed by atoms with van der Waals surface area (Å²) in [5, 5.41) is 11.9. The van der Waals surface area contributed by atoms with Crippen molar-refractivity contribution in [1.29, 1.82) is 0 Å². The van der Waals surface area contributed by atoms with Crippen LogP contribution in [0.2, 0.25) is 0 Å². The third-order valence-corrected chi connectivity index (χ3v) is 9.21. The van der Waals surface area contributed by atoms with Crippen LogP contribution in [0.15, 0.2) is 18.2 Å². The SMILES string of the molecule is CC(C)(N)C(=O)N[C@@H](COCC12CC3CC(CC(C3)C1)C2)c1nnc2cccc(COC(=O)N3CCOCC3)n12. The van der Waals surface area contributed by atoms with E-state index >= 15 is 0 Å². The molecule has 11 nitrogen and oxygen atoms in total. The number of carbonyl (C=O) groups is 2. The Morgan fingerprint density at radius 1 is 1.12 bits per heavy atom. The normalized spacial score (nSPS) is 28.6. The van der Waals surface area contributed by atoms with Crippen LogP contribution < -0.4 is 11.1 Å². The Labute approximate surface area is 235 Å². The maximum absolute atomic E-state index is 13.0. The molecule has 4 saturated carbocycles. The van der Waals surface area contributed by atoms with Gasteiger partial charge in [0, 0.05) is 13.1 Å². The fourth-order valence-corrected chi connectivity index (χ4v) is 7.73. The van der Waals surface area contributed by atoms with Crippen molar-refractivity contribution in [3.05, 3.63) is 29.7 Å². The number of nitrogens with zero attached hydrogens (tertiary/aromatic N) is 4. The zero-order valence-corrected chi connectivity index (χ0v) is 23.6. The first kappa shape index (κ1) is 27.4. The molecule has 1 saturated heterocycles. The van der Waals surface area contributed by atoms with Gasteiger partial charge in [0.1, 0.15) is 12.6 Å². The number of hydrogen-bond acceptors (Lipinski definition) is 8. The fourth-order valence-electron chi connectivity index (χ4n) is 7.73. The van der Waals surface area contributed by atoms with Gasteiger partial charge in [0.25, 0.3) is 0 Å². The van der Waals surface area contributed by atoms with Gasteiger partial charge in [0.2, 0.25) is 5.91 Å². The second-order valence-electron chi connectivity index (χ2n) is 13.1. The molecule has 0 aromatic carbocycles. The lowest BCUT2D eigenvalue weighted by Crippen LogP contribution is -2.51. The summed E-state index contributed by atoms with van der Waals surface area (Å²) in [6.07, 6.45) is 7.51. The van der Waals surface area contributed by atoms with Crippen LogP contribution in [0, 0.1) is 23.2 Å². The number of pyridine rings is 1. The summed E-state index contributed by atoms with van der Waals surface area (Å²) in [6, 6.07) is 4.99. The number of aromatic nitrogens is 3. The lowest BCUT2D eigenvalue weighted by molar-refractivity contribution is -0.127. The van der Waals surface area contributed by atoms with E-state index in [0.29, 0.717) is 50.1 Å². The smallest absolute Gasteiger partial charge is 0.410 e. The van der Waals surface area contributed by atoms with E-state index in [-0.39, 0.29) is 30.6 Å². The number of amides is 2. The van der Waals surface area contributed by atoms with Gasteiger partial charge in [-0.2, -0.15) is 0 Å². The molecule has 4 bridgehead atoms. The molecule has 5 aliphatic rings. The standard InChI is InChI=1S/C29H42N6O5/c1-28(2,30)26(36)31-23(17-39-18-29-13-19-10-20(14-29)12-21(11-19)15-29)25-33-32-24-5-3-4-22(35(24)25)16-40-27(37)34-6-8-38-9-7-34/h3-5,19-21,23H,6-18,30H2,1-2H3,(H,31,36)/t19?,20?,21?,23-,29?/m0/s1. The van der Waals surface area contributed by atoms with Gasteiger partial charge in [-0.15, -0.1) is 10.2 Å². The molecule has 3 heterocycles. The minimum Gasteiger partial charge on any atom is -0.443 e. The van der Waals surface area contributed by atoms with Crippen molar-refractivity contribution >= 4 is 17.6 Å². The highest BCUT2D eigenvalue weighted by Gasteiger charge is 2.51. The van der Waals surface area contributed by atoms with Gasteiger partial charge in [-0.05, 0) is 87.7 Å². The van der Waals surface area contributed by atoms with Crippen molar-refractivity contribution in [2.75, 3.05) is 39.5 Å². The van der Waals surface area contributed by atoms with E-state index in [1.165, 1.54) is 38.5 Å². The van der Waals surface area contributed by atoms with Crippen LogP contribution in [-0.4, -0.2) is 76.6 Å². The van der Waals surface area contributed by atoms with Crippen LogP contribution in [0.1, 0.15) is 69.9 Å². The van der Waals surface area contributed by atoms with Crippen LogP contribution in [0.4, 0.5) is 4.79 Å². The molecule has 11 heteroatoms. The van der Waals surface area contributed by atoms with Gasteiger partial charge in [-0.1, -0.05) is 6.07 Å². The lowest BCUT2D eigenvalue weighted by Gasteiger charge is -2.56. The number of hydrogen-bond donors (Lipinski definition) is 2. The zero-order valence-electron chi connectivity index (χ0n) is 23.6. The molecule has 3 N–H and O–H groups in total. The summed E-state index contributed by atoms with van der Waals surface area (Å²) >= 11 is 0. The molecule has 2 aromatic rings. The van der Waals surface area contributed by atoms with Crippen molar-refractivity contribution in [2.45, 2.75) is 70.6 Å². The first-order valence-corrected chi connectivity index (χ1v) is 14.7. The Morgan fingerprint density at radius 3 is 2.45 bits per heavy atom.